The number of ether oxygens (including phenoxy) is 2. The van der Waals surface area contributed by atoms with Gasteiger partial charge in [0, 0.05) is 29.5 Å². The van der Waals surface area contributed by atoms with E-state index >= 15 is 0 Å². The summed E-state index contributed by atoms with van der Waals surface area (Å²) in [5.41, 5.74) is -0.235. The van der Waals surface area contributed by atoms with E-state index in [1.54, 1.807) is 0 Å². The third-order valence-corrected chi connectivity index (χ3v) is 3.18. The molecule has 1 amide bonds. The molecule has 148 valence electrons. The zero-order valence-corrected chi connectivity index (χ0v) is 13.9. The van der Waals surface area contributed by atoms with Crippen molar-refractivity contribution in [2.45, 2.75) is 13.2 Å². The fourth-order valence-electron chi connectivity index (χ4n) is 2.05. The smallest absolute Gasteiger partial charge is 0.387 e. The van der Waals surface area contributed by atoms with Gasteiger partial charge in [-0.05, 0) is 36.4 Å². The topological polar surface area (TPSA) is 90.7 Å². The third-order valence-electron chi connectivity index (χ3n) is 3.18. The first-order valence-corrected chi connectivity index (χ1v) is 7.52. The molecule has 2 aromatic rings. The monoisotopic (exact) mass is 400 g/mol. The van der Waals surface area contributed by atoms with Crippen LogP contribution in [0.15, 0.2) is 48.5 Å². The number of nitro groups is 1. The summed E-state index contributed by atoms with van der Waals surface area (Å²) >= 11 is 0. The van der Waals surface area contributed by atoms with Crippen LogP contribution >= 0.6 is 0 Å². The van der Waals surface area contributed by atoms with Crippen LogP contribution in [0.5, 0.6) is 11.5 Å². The third kappa shape index (κ3) is 6.27. The number of rotatable bonds is 8. The number of nitrogens with zero attached hydrogens (tertiary/aromatic N) is 1. The summed E-state index contributed by atoms with van der Waals surface area (Å²) in [5.74, 6) is -1.15. The van der Waals surface area contributed by atoms with Crippen LogP contribution in [0.3, 0.4) is 0 Å². The second-order valence-corrected chi connectivity index (χ2v) is 5.08. The lowest BCUT2D eigenvalue weighted by Crippen LogP contribution is -2.08. The summed E-state index contributed by atoms with van der Waals surface area (Å²) in [6.07, 6.45) is 2.01. The summed E-state index contributed by atoms with van der Waals surface area (Å²) in [6, 6.07) is 7.98. The van der Waals surface area contributed by atoms with Crippen molar-refractivity contribution in [3.63, 3.8) is 0 Å². The molecule has 7 nitrogen and oxygen atoms in total. The van der Waals surface area contributed by atoms with E-state index in [1.807, 2.05) is 0 Å². The number of non-ortho nitro benzene ring substituents is 1. The van der Waals surface area contributed by atoms with Gasteiger partial charge in [-0.2, -0.15) is 17.6 Å². The predicted molar refractivity (Wildman–Crippen MR) is 90.5 cm³/mol. The summed E-state index contributed by atoms with van der Waals surface area (Å²) in [6.45, 7) is -6.14. The summed E-state index contributed by atoms with van der Waals surface area (Å²) in [7, 11) is 0. The molecule has 0 aromatic heterocycles. The zero-order valence-electron chi connectivity index (χ0n) is 13.9. The van der Waals surface area contributed by atoms with Gasteiger partial charge in [-0.1, -0.05) is 0 Å². The molecule has 0 bridgehead atoms. The largest absolute Gasteiger partial charge is 0.435 e. The lowest BCUT2D eigenvalue weighted by molar-refractivity contribution is -0.384. The van der Waals surface area contributed by atoms with Crippen LogP contribution in [0.1, 0.15) is 5.56 Å². The van der Waals surface area contributed by atoms with Crippen molar-refractivity contribution in [3.8, 4) is 11.5 Å². The highest BCUT2D eigenvalue weighted by atomic mass is 19.3. The van der Waals surface area contributed by atoms with E-state index < -0.39 is 24.1 Å². The van der Waals surface area contributed by atoms with E-state index in [-0.39, 0.29) is 28.4 Å². The molecule has 0 spiro atoms. The molecule has 2 aromatic carbocycles. The quantitative estimate of drug-likeness (QED) is 0.306. The van der Waals surface area contributed by atoms with Crippen molar-refractivity contribution in [1.29, 1.82) is 0 Å². The number of halogens is 4. The van der Waals surface area contributed by atoms with E-state index in [2.05, 4.69) is 14.8 Å². The number of nitrogens with one attached hydrogen (secondary N) is 1. The molecule has 11 heteroatoms. The molecule has 2 rings (SSSR count). The highest BCUT2D eigenvalue weighted by Crippen LogP contribution is 2.27. The number of alkyl halides is 4. The molecular formula is C17H12F4N2O5. The van der Waals surface area contributed by atoms with Crippen molar-refractivity contribution in [3.05, 3.63) is 64.2 Å². The Balaban J connectivity index is 2.12. The molecule has 0 aliphatic carbocycles. The van der Waals surface area contributed by atoms with E-state index in [9.17, 15) is 32.5 Å². The molecule has 0 aliphatic heterocycles. The number of carbonyl (C=O) groups is 1. The first-order chi connectivity index (χ1) is 13.2. The number of anilines is 1. The van der Waals surface area contributed by atoms with Gasteiger partial charge in [0.2, 0.25) is 5.91 Å². The van der Waals surface area contributed by atoms with Crippen molar-refractivity contribution in [2.24, 2.45) is 0 Å². The summed E-state index contributed by atoms with van der Waals surface area (Å²) in [4.78, 5) is 22.0. The fraction of sp³-hybridized carbons (Fsp3) is 0.118. The highest BCUT2D eigenvalue weighted by Gasteiger charge is 2.13. The lowest BCUT2D eigenvalue weighted by atomic mass is 10.1. The Hall–Kier alpha value is -3.63. The van der Waals surface area contributed by atoms with Crippen LogP contribution < -0.4 is 14.8 Å². The maximum atomic E-state index is 12.4. The lowest BCUT2D eigenvalue weighted by Gasteiger charge is -2.08. The first-order valence-electron chi connectivity index (χ1n) is 7.52. The van der Waals surface area contributed by atoms with Gasteiger partial charge in [-0.25, -0.2) is 0 Å². The Labute approximate surface area is 155 Å². The number of carbonyl (C=O) groups excluding carboxylic acids is 1. The number of amides is 1. The molecule has 28 heavy (non-hydrogen) atoms. The van der Waals surface area contributed by atoms with E-state index in [0.29, 0.717) is 0 Å². The highest BCUT2D eigenvalue weighted by molar-refractivity contribution is 6.02. The van der Waals surface area contributed by atoms with Crippen LogP contribution in [-0.4, -0.2) is 24.1 Å². The minimum absolute atomic E-state index is 0.103. The molecule has 0 radical (unpaired) electrons. The maximum absolute atomic E-state index is 12.4. The molecule has 0 fully saturated rings. The average Bonchev–Trinajstić information content (AvgIpc) is 2.61. The van der Waals surface area contributed by atoms with Gasteiger partial charge in [-0.15, -0.1) is 0 Å². The van der Waals surface area contributed by atoms with Crippen molar-refractivity contribution in [2.75, 3.05) is 5.32 Å². The zero-order chi connectivity index (χ0) is 20.7. The summed E-state index contributed by atoms with van der Waals surface area (Å²) < 4.78 is 57.5. The minimum Gasteiger partial charge on any atom is -0.435 e. The van der Waals surface area contributed by atoms with Gasteiger partial charge in [0.25, 0.3) is 5.69 Å². The standard InChI is InChI=1S/C17H12F4N2O5/c18-16(19)27-13-5-2-11(3-6-13)22-15(24)8-1-10-9-12(23(25)26)4-7-14(10)28-17(20)21/h1-9,16-17H,(H,22,24)/b8-1+. The molecule has 0 heterocycles. The van der Waals surface area contributed by atoms with Crippen molar-refractivity contribution >= 4 is 23.4 Å². The maximum Gasteiger partial charge on any atom is 0.387 e. The van der Waals surface area contributed by atoms with Crippen LogP contribution in [0.2, 0.25) is 0 Å². The van der Waals surface area contributed by atoms with E-state index in [4.69, 9.17) is 0 Å². The van der Waals surface area contributed by atoms with Crippen LogP contribution in [0, 0.1) is 10.1 Å². The van der Waals surface area contributed by atoms with Gasteiger partial charge in [0.05, 0.1) is 4.92 Å². The van der Waals surface area contributed by atoms with Gasteiger partial charge in [-0.3, -0.25) is 14.9 Å². The Kier molecular flexibility index (Phi) is 6.90. The van der Waals surface area contributed by atoms with Crippen LogP contribution in [-0.2, 0) is 4.79 Å². The van der Waals surface area contributed by atoms with Crippen molar-refractivity contribution < 1.29 is 36.8 Å². The summed E-state index contributed by atoms with van der Waals surface area (Å²) in [5, 5.41) is 13.2. The van der Waals surface area contributed by atoms with Crippen molar-refractivity contribution in [1.82, 2.24) is 0 Å². The second kappa shape index (κ2) is 9.35. The Morgan fingerprint density at radius 3 is 2.25 bits per heavy atom. The van der Waals surface area contributed by atoms with Gasteiger partial charge < -0.3 is 14.8 Å². The molecular weight excluding hydrogens is 388 g/mol. The average molecular weight is 400 g/mol. The van der Waals surface area contributed by atoms with Gasteiger partial charge >= 0.3 is 13.2 Å². The number of hydrogen-bond acceptors (Lipinski definition) is 5. The normalized spacial score (nSPS) is 11.1. The predicted octanol–water partition coefficient (Wildman–Crippen LogP) is 4.45. The van der Waals surface area contributed by atoms with Crippen LogP contribution in [0.4, 0.5) is 28.9 Å². The SMILES string of the molecule is O=C(/C=C/c1cc([N+](=O)[O-])ccc1OC(F)F)Nc1ccc(OC(F)F)cc1. The number of benzene rings is 2. The molecule has 0 saturated heterocycles. The molecule has 0 saturated carbocycles. The van der Waals surface area contributed by atoms with Gasteiger partial charge in [0.15, 0.2) is 0 Å². The molecule has 0 aliphatic rings. The Morgan fingerprint density at radius 2 is 1.68 bits per heavy atom. The Morgan fingerprint density at radius 1 is 1.04 bits per heavy atom. The second-order valence-electron chi connectivity index (χ2n) is 5.08. The fourth-order valence-corrected chi connectivity index (χ4v) is 2.05. The Bertz CT molecular complexity index is 872. The van der Waals surface area contributed by atoms with E-state index in [1.165, 1.54) is 24.3 Å². The minimum atomic E-state index is -3.16. The number of hydrogen-bond donors (Lipinski definition) is 1. The molecule has 0 unspecified atom stereocenters. The van der Waals surface area contributed by atoms with Crippen LogP contribution in [0.25, 0.3) is 6.08 Å². The molecule has 0 atom stereocenters. The first kappa shape index (κ1) is 20.7. The molecule has 1 N–H and O–H groups in total. The number of nitro benzene ring substituents is 1. The van der Waals surface area contributed by atoms with E-state index in [0.717, 1.165) is 30.4 Å². The van der Waals surface area contributed by atoms with Gasteiger partial charge in [0.1, 0.15) is 11.5 Å².